The molecule has 0 unspecified atom stereocenters. The van der Waals surface area contributed by atoms with Crippen LogP contribution >= 0.6 is 15.9 Å². The summed E-state index contributed by atoms with van der Waals surface area (Å²) in [5, 5.41) is 0. The summed E-state index contributed by atoms with van der Waals surface area (Å²) in [6.45, 7) is 4.04. The highest BCUT2D eigenvalue weighted by atomic mass is 79.9. The third kappa shape index (κ3) is 3.04. The summed E-state index contributed by atoms with van der Waals surface area (Å²) in [6.07, 6.45) is 3.65. The molecule has 1 heterocycles. The summed E-state index contributed by atoms with van der Waals surface area (Å²) in [7, 11) is 0. The fourth-order valence-electron chi connectivity index (χ4n) is 2.40. The smallest absolute Gasteiger partial charge is 0.343 e. The van der Waals surface area contributed by atoms with E-state index in [-0.39, 0.29) is 5.97 Å². The molecule has 0 spiro atoms. The number of rotatable bonds is 2. The molecule has 22 heavy (non-hydrogen) atoms. The van der Waals surface area contributed by atoms with Gasteiger partial charge in [-0.25, -0.2) is 4.79 Å². The predicted octanol–water partition coefficient (Wildman–Crippen LogP) is 5.05. The van der Waals surface area contributed by atoms with Crippen molar-refractivity contribution in [3.63, 3.8) is 0 Å². The van der Waals surface area contributed by atoms with Crippen molar-refractivity contribution in [1.82, 2.24) is 0 Å². The minimum absolute atomic E-state index is 0.309. The Morgan fingerprint density at radius 1 is 1.09 bits per heavy atom. The molecule has 0 radical (unpaired) electrons. The molecule has 0 aromatic heterocycles. The summed E-state index contributed by atoms with van der Waals surface area (Å²) >= 11 is 3.43. The Morgan fingerprint density at radius 2 is 1.91 bits per heavy atom. The van der Waals surface area contributed by atoms with Gasteiger partial charge in [-0.3, -0.25) is 0 Å². The van der Waals surface area contributed by atoms with Crippen molar-refractivity contribution in [2.45, 2.75) is 13.8 Å². The van der Waals surface area contributed by atoms with Crippen molar-refractivity contribution in [1.29, 1.82) is 0 Å². The number of ether oxygens (including phenoxy) is 1. The van der Waals surface area contributed by atoms with Crippen LogP contribution in [0, 0.1) is 13.8 Å². The van der Waals surface area contributed by atoms with E-state index in [1.807, 2.05) is 62.4 Å². The van der Waals surface area contributed by atoms with Gasteiger partial charge in [-0.05, 0) is 55.3 Å². The fourth-order valence-corrected chi connectivity index (χ4v) is 2.82. The second kappa shape index (κ2) is 5.93. The molecule has 3 rings (SSSR count). The van der Waals surface area contributed by atoms with E-state index in [0.717, 1.165) is 26.7 Å². The van der Waals surface area contributed by atoms with E-state index in [1.165, 1.54) is 0 Å². The number of carbonyl (C=O) groups is 1. The molecule has 2 aromatic rings. The van der Waals surface area contributed by atoms with Crippen LogP contribution in [0.2, 0.25) is 0 Å². The van der Waals surface area contributed by atoms with Gasteiger partial charge in [-0.1, -0.05) is 45.8 Å². The van der Waals surface area contributed by atoms with Crippen LogP contribution in [0.5, 0.6) is 0 Å². The molecule has 110 valence electrons. The number of cyclic esters (lactones) is 1. The zero-order valence-corrected chi connectivity index (χ0v) is 14.0. The van der Waals surface area contributed by atoms with Gasteiger partial charge >= 0.3 is 5.97 Å². The molecule has 0 saturated heterocycles. The molecule has 2 nitrogen and oxygen atoms in total. The molecule has 0 aliphatic carbocycles. The van der Waals surface area contributed by atoms with E-state index in [9.17, 15) is 4.79 Å². The number of aryl methyl sites for hydroxylation is 2. The lowest BCUT2D eigenvalue weighted by molar-refractivity contribution is -0.130. The lowest BCUT2D eigenvalue weighted by atomic mass is 10.0. The first-order chi connectivity index (χ1) is 10.5. The summed E-state index contributed by atoms with van der Waals surface area (Å²) in [6, 6.07) is 13.9. The van der Waals surface area contributed by atoms with Crippen molar-refractivity contribution in [2.24, 2.45) is 0 Å². The molecule has 0 bridgehead atoms. The highest BCUT2D eigenvalue weighted by Crippen LogP contribution is 2.30. The van der Waals surface area contributed by atoms with E-state index >= 15 is 0 Å². The van der Waals surface area contributed by atoms with Crippen molar-refractivity contribution >= 4 is 33.7 Å². The average Bonchev–Trinajstić information content (AvgIpc) is 2.83. The van der Waals surface area contributed by atoms with Crippen molar-refractivity contribution in [2.75, 3.05) is 0 Å². The lowest BCUT2D eigenvalue weighted by Crippen LogP contribution is -1.98. The van der Waals surface area contributed by atoms with Crippen LogP contribution in [0.15, 0.2) is 58.6 Å². The Hall–Kier alpha value is -2.13. The number of halogens is 1. The molecule has 1 aliphatic heterocycles. The third-order valence-corrected chi connectivity index (χ3v) is 4.05. The van der Waals surface area contributed by atoms with Crippen LogP contribution in [0.4, 0.5) is 0 Å². The maximum absolute atomic E-state index is 12.1. The van der Waals surface area contributed by atoms with Gasteiger partial charge in [-0.15, -0.1) is 0 Å². The molecule has 1 aliphatic rings. The van der Waals surface area contributed by atoms with Crippen LogP contribution in [-0.2, 0) is 9.53 Å². The van der Waals surface area contributed by atoms with Crippen LogP contribution in [-0.4, -0.2) is 5.97 Å². The van der Waals surface area contributed by atoms with Crippen LogP contribution in [0.3, 0.4) is 0 Å². The zero-order chi connectivity index (χ0) is 15.7. The fraction of sp³-hybridized carbons (Fsp3) is 0.105. The first-order valence-corrected chi connectivity index (χ1v) is 7.81. The Bertz CT molecular complexity index is 816. The number of benzene rings is 2. The number of hydrogen-bond acceptors (Lipinski definition) is 2. The largest absolute Gasteiger partial charge is 0.422 e. The molecule has 0 amide bonds. The molecular weight excluding hydrogens is 340 g/mol. The predicted molar refractivity (Wildman–Crippen MR) is 92.1 cm³/mol. The number of hydrogen-bond donors (Lipinski definition) is 0. The van der Waals surface area contributed by atoms with E-state index in [0.29, 0.717) is 11.3 Å². The SMILES string of the molecule is Cc1ccc(C)c(C2=C/C(=C\c3cccc(Br)c3)C(=O)O2)c1. The van der Waals surface area contributed by atoms with E-state index in [1.54, 1.807) is 0 Å². The van der Waals surface area contributed by atoms with E-state index in [4.69, 9.17) is 4.74 Å². The standard InChI is InChI=1S/C19H15BrO2/c1-12-6-7-13(2)17(8-12)18-11-15(19(21)22-18)9-14-4-3-5-16(20)10-14/h3-11H,1-2H3/b15-9+. The lowest BCUT2D eigenvalue weighted by Gasteiger charge is -2.06. The Morgan fingerprint density at radius 3 is 2.68 bits per heavy atom. The number of carbonyl (C=O) groups excluding carboxylic acids is 1. The first kappa shape index (κ1) is 14.8. The molecular formula is C19H15BrO2. The molecule has 0 atom stereocenters. The molecule has 3 heteroatoms. The number of esters is 1. The quantitative estimate of drug-likeness (QED) is 0.557. The van der Waals surface area contributed by atoms with Gasteiger partial charge in [0.25, 0.3) is 0 Å². The summed E-state index contributed by atoms with van der Waals surface area (Å²) in [5.41, 5.74) is 4.72. The molecule has 0 saturated carbocycles. The second-order valence-corrected chi connectivity index (χ2v) is 6.29. The average molecular weight is 355 g/mol. The van der Waals surface area contributed by atoms with Crippen LogP contribution in [0.25, 0.3) is 11.8 Å². The third-order valence-electron chi connectivity index (χ3n) is 3.55. The van der Waals surface area contributed by atoms with Gasteiger partial charge < -0.3 is 4.74 Å². The van der Waals surface area contributed by atoms with Crippen LogP contribution < -0.4 is 0 Å². The normalized spacial score (nSPS) is 15.9. The van der Waals surface area contributed by atoms with Crippen molar-refractivity contribution in [3.8, 4) is 0 Å². The van der Waals surface area contributed by atoms with E-state index in [2.05, 4.69) is 22.0 Å². The monoisotopic (exact) mass is 354 g/mol. The maximum Gasteiger partial charge on any atom is 0.343 e. The minimum atomic E-state index is -0.309. The molecule has 2 aromatic carbocycles. The summed E-state index contributed by atoms with van der Waals surface area (Å²) in [5.74, 6) is 0.309. The molecule has 0 N–H and O–H groups in total. The van der Waals surface area contributed by atoms with Gasteiger partial charge in [0, 0.05) is 10.0 Å². The first-order valence-electron chi connectivity index (χ1n) is 7.02. The summed E-state index contributed by atoms with van der Waals surface area (Å²) < 4.78 is 6.42. The Labute approximate surface area is 138 Å². The zero-order valence-electron chi connectivity index (χ0n) is 12.4. The van der Waals surface area contributed by atoms with Gasteiger partial charge in [0.05, 0.1) is 5.57 Å². The van der Waals surface area contributed by atoms with Crippen molar-refractivity contribution < 1.29 is 9.53 Å². The van der Waals surface area contributed by atoms with Gasteiger partial charge in [0.15, 0.2) is 0 Å². The molecule has 0 fully saturated rings. The van der Waals surface area contributed by atoms with Gasteiger partial charge in [0.2, 0.25) is 0 Å². The van der Waals surface area contributed by atoms with Crippen molar-refractivity contribution in [3.05, 3.63) is 80.8 Å². The maximum atomic E-state index is 12.1. The minimum Gasteiger partial charge on any atom is -0.422 e. The Balaban J connectivity index is 2.00. The van der Waals surface area contributed by atoms with Gasteiger partial charge in [-0.2, -0.15) is 0 Å². The second-order valence-electron chi connectivity index (χ2n) is 5.37. The Kier molecular flexibility index (Phi) is 3.99. The highest BCUT2D eigenvalue weighted by molar-refractivity contribution is 9.10. The topological polar surface area (TPSA) is 26.3 Å². The van der Waals surface area contributed by atoms with Crippen LogP contribution in [0.1, 0.15) is 22.3 Å². The summed E-state index contributed by atoms with van der Waals surface area (Å²) in [4.78, 5) is 12.1. The van der Waals surface area contributed by atoms with E-state index < -0.39 is 0 Å². The van der Waals surface area contributed by atoms with Gasteiger partial charge in [0.1, 0.15) is 5.76 Å². The highest BCUT2D eigenvalue weighted by Gasteiger charge is 2.23.